The molecule has 0 heterocycles. The van der Waals surface area contributed by atoms with Crippen LogP contribution < -0.4 is 11.0 Å². The van der Waals surface area contributed by atoms with Gasteiger partial charge in [0.15, 0.2) is 0 Å². The molecule has 6 heavy (non-hydrogen) atoms. The van der Waals surface area contributed by atoms with Crippen LogP contribution in [-0.2, 0) is 0 Å². The van der Waals surface area contributed by atoms with Crippen LogP contribution in [0.2, 0.25) is 0 Å². The number of nitrogens with two attached hydrogens (primary N) is 2. The van der Waals surface area contributed by atoms with Crippen molar-refractivity contribution in [3.8, 4) is 0 Å². The fraction of sp³-hybridized carbons (Fsp3) is 0. The summed E-state index contributed by atoms with van der Waals surface area (Å²) < 4.78 is 0. The Morgan fingerprint density at radius 2 is 1.67 bits per heavy atom. The highest BCUT2D eigenvalue weighted by Crippen LogP contribution is 1.24. The molecule has 0 rings (SSSR count). The molecule has 36 valence electrons. The third kappa shape index (κ3) is 1.79. The van der Waals surface area contributed by atoms with Gasteiger partial charge in [0.05, 0.1) is 0 Å². The van der Waals surface area contributed by atoms with Gasteiger partial charge in [-0.05, 0) is 0 Å². The Labute approximate surface area is 33.5 Å². The van der Waals surface area contributed by atoms with Gasteiger partial charge >= 0.3 is 6.03 Å². The minimum Gasteiger partial charge on any atom is -0.624 e. The molecule has 5 nitrogen and oxygen atoms in total. The highest BCUT2D eigenvalue weighted by atomic mass is 16.5. The summed E-state index contributed by atoms with van der Waals surface area (Å²) in [4.78, 5) is 9.44. The van der Waals surface area contributed by atoms with Gasteiger partial charge < -0.3 is 10.4 Å². The highest BCUT2D eigenvalue weighted by molar-refractivity contribution is 5.50. The molecule has 0 aliphatic rings. The highest BCUT2D eigenvalue weighted by Gasteiger charge is 1.89. The van der Waals surface area contributed by atoms with Crippen LogP contribution in [0.4, 0.5) is 4.79 Å². The van der Waals surface area contributed by atoms with Gasteiger partial charge in [-0.2, -0.15) is 4.79 Å². The molecule has 0 saturated carbocycles. The number of carbonyl (C=O) groups is 1. The number of amides is 2. The lowest BCUT2D eigenvalue weighted by molar-refractivity contribution is -0.637. The zero-order chi connectivity index (χ0) is 4.99. The molecule has 0 aromatic carbocycles. The third-order valence-electron chi connectivity index (χ3n) is 0.232. The van der Waals surface area contributed by atoms with Crippen LogP contribution in [-0.4, -0.2) is 6.03 Å². The lowest BCUT2D eigenvalue weighted by Gasteiger charge is -1.94. The van der Waals surface area contributed by atoms with E-state index in [9.17, 15) is 4.79 Å². The average molecular weight is 92.1 g/mol. The molecular weight excluding hydrogens is 88.0 g/mol. The molecule has 0 spiro atoms. The van der Waals surface area contributed by atoms with E-state index in [1.54, 1.807) is 0 Å². The van der Waals surface area contributed by atoms with E-state index in [0.717, 1.165) is 0 Å². The number of quaternary nitrogens is 2. The predicted octanol–water partition coefficient (Wildman–Crippen LogP) is -2.77. The number of primary amides is 2. The minimum absolute atomic E-state index is 0.0347. The number of hydroxylamine groups is 2. The van der Waals surface area contributed by atoms with Crippen LogP contribution in [0, 0.1) is 10.4 Å². The first-order valence-electron chi connectivity index (χ1n) is 1.25. The SMILES string of the molecule is O=C([NH2+][O-])[NH2+][O-]. The molecular formula is CH4N2O3. The molecule has 0 aliphatic carbocycles. The van der Waals surface area contributed by atoms with Gasteiger partial charge in [0, 0.05) is 0 Å². The molecule has 0 atom stereocenters. The maximum atomic E-state index is 9.44. The van der Waals surface area contributed by atoms with Crippen LogP contribution in [0.3, 0.4) is 0 Å². The Kier molecular flexibility index (Phi) is 2.51. The Morgan fingerprint density at radius 1 is 1.33 bits per heavy atom. The van der Waals surface area contributed by atoms with Gasteiger partial charge in [-0.1, -0.05) is 0 Å². The van der Waals surface area contributed by atoms with Crippen molar-refractivity contribution in [1.82, 2.24) is 0 Å². The van der Waals surface area contributed by atoms with Crippen LogP contribution in [0.5, 0.6) is 0 Å². The predicted molar refractivity (Wildman–Crippen MR) is 16.0 cm³/mol. The zero-order valence-corrected chi connectivity index (χ0v) is 2.88. The molecule has 2 amide bonds. The summed E-state index contributed by atoms with van der Waals surface area (Å²) in [6.07, 6.45) is 0. The van der Waals surface area contributed by atoms with Gasteiger partial charge in [0.1, 0.15) is 0 Å². The van der Waals surface area contributed by atoms with E-state index in [-0.39, 0.29) is 11.0 Å². The quantitative estimate of drug-likeness (QED) is 0.316. The van der Waals surface area contributed by atoms with Crippen molar-refractivity contribution in [1.29, 1.82) is 0 Å². The van der Waals surface area contributed by atoms with Crippen molar-refractivity contribution in [2.45, 2.75) is 0 Å². The largest absolute Gasteiger partial charge is 0.624 e. The van der Waals surface area contributed by atoms with Crippen LogP contribution in [0.25, 0.3) is 0 Å². The van der Waals surface area contributed by atoms with Crippen molar-refractivity contribution >= 4 is 6.03 Å². The van der Waals surface area contributed by atoms with Gasteiger partial charge in [-0.3, -0.25) is 11.0 Å². The van der Waals surface area contributed by atoms with Gasteiger partial charge in [0.25, 0.3) is 0 Å². The smallest absolute Gasteiger partial charge is 0.507 e. The van der Waals surface area contributed by atoms with Crippen molar-refractivity contribution in [3.63, 3.8) is 0 Å². The minimum atomic E-state index is -1.02. The Bertz CT molecular complexity index is 46.8. The lowest BCUT2D eigenvalue weighted by atomic mass is 11.2. The maximum Gasteiger partial charge on any atom is 0.507 e. The van der Waals surface area contributed by atoms with Crippen LogP contribution in [0.1, 0.15) is 0 Å². The summed E-state index contributed by atoms with van der Waals surface area (Å²) in [6.45, 7) is 0. The normalized spacial score (nSPS) is 8.33. The molecule has 0 unspecified atom stereocenters. The summed E-state index contributed by atoms with van der Waals surface area (Å²) >= 11 is 0. The summed E-state index contributed by atoms with van der Waals surface area (Å²) in [5.41, 5.74) is -0.0694. The van der Waals surface area contributed by atoms with Crippen molar-refractivity contribution in [2.75, 3.05) is 0 Å². The first kappa shape index (κ1) is 5.51. The number of hydrogen-bond acceptors (Lipinski definition) is 3. The van der Waals surface area contributed by atoms with E-state index in [1.165, 1.54) is 0 Å². The van der Waals surface area contributed by atoms with Gasteiger partial charge in [0.2, 0.25) is 0 Å². The molecule has 0 fully saturated rings. The topological polar surface area (TPSA) is 96.4 Å². The van der Waals surface area contributed by atoms with Gasteiger partial charge in [-0.25, -0.2) is 0 Å². The van der Waals surface area contributed by atoms with E-state index >= 15 is 0 Å². The summed E-state index contributed by atoms with van der Waals surface area (Å²) in [6, 6.07) is -1.02. The fourth-order valence-electron chi connectivity index (χ4n) is 0.0278. The second kappa shape index (κ2) is 2.73. The number of urea groups is 1. The lowest BCUT2D eigenvalue weighted by Crippen LogP contribution is -3.04. The van der Waals surface area contributed by atoms with E-state index in [4.69, 9.17) is 10.4 Å². The molecule has 0 bridgehead atoms. The molecule has 5 heteroatoms. The van der Waals surface area contributed by atoms with Crippen molar-refractivity contribution in [2.24, 2.45) is 0 Å². The number of hydrogen-bond donors (Lipinski definition) is 2. The molecule has 0 aromatic heterocycles. The first-order chi connectivity index (χ1) is 2.81. The van der Waals surface area contributed by atoms with E-state index in [1.807, 2.05) is 0 Å². The van der Waals surface area contributed by atoms with Crippen molar-refractivity contribution < 1.29 is 15.8 Å². The monoisotopic (exact) mass is 92.0 g/mol. The first-order valence-corrected chi connectivity index (χ1v) is 1.25. The van der Waals surface area contributed by atoms with Gasteiger partial charge in [-0.15, -0.1) is 0 Å². The standard InChI is InChI=1S/CH4N2O3/c4-1(2-5)3-6/h2-3H2. The van der Waals surface area contributed by atoms with Crippen LogP contribution in [0.15, 0.2) is 0 Å². The van der Waals surface area contributed by atoms with Crippen LogP contribution >= 0.6 is 0 Å². The van der Waals surface area contributed by atoms with E-state index in [2.05, 4.69) is 0 Å². The van der Waals surface area contributed by atoms with Crippen molar-refractivity contribution in [3.05, 3.63) is 10.4 Å². The second-order valence-electron chi connectivity index (χ2n) is 0.638. The molecule has 0 aliphatic heterocycles. The number of rotatable bonds is 0. The molecule has 0 radical (unpaired) electrons. The number of carbonyl (C=O) groups excluding carboxylic acids is 1. The third-order valence-corrected chi connectivity index (χ3v) is 0.232. The summed E-state index contributed by atoms with van der Waals surface area (Å²) in [5.74, 6) is 0. The summed E-state index contributed by atoms with van der Waals surface area (Å²) in [7, 11) is 0. The average Bonchev–Trinajstić information content (AvgIpc) is 1.65. The Morgan fingerprint density at radius 3 is 1.67 bits per heavy atom. The van der Waals surface area contributed by atoms with E-state index < -0.39 is 6.03 Å². The van der Waals surface area contributed by atoms with E-state index in [0.29, 0.717) is 0 Å². The Hall–Kier alpha value is -0.490. The maximum absolute atomic E-state index is 9.44. The molecule has 0 saturated heterocycles. The second-order valence-corrected chi connectivity index (χ2v) is 0.638. The zero-order valence-electron chi connectivity index (χ0n) is 2.88. The summed E-state index contributed by atoms with van der Waals surface area (Å²) in [5, 5.41) is 18.3. The fourth-order valence-corrected chi connectivity index (χ4v) is 0.0278. The molecule has 4 N–H and O–H groups in total. The molecule has 0 aromatic rings. The Balaban J connectivity index is 2.99.